The second-order valence-electron chi connectivity index (χ2n) is 7.96. The average molecular weight is 338 g/mol. The van der Waals surface area contributed by atoms with Gasteiger partial charge in [0.2, 0.25) is 0 Å². The summed E-state index contributed by atoms with van der Waals surface area (Å²) in [6.07, 6.45) is -0.416. The van der Waals surface area contributed by atoms with Crippen molar-refractivity contribution in [1.82, 2.24) is 4.90 Å². The van der Waals surface area contributed by atoms with Gasteiger partial charge in [-0.15, -0.1) is 0 Å². The van der Waals surface area contributed by atoms with Crippen LogP contribution in [-0.2, 0) is 4.74 Å². The SMILES string of the molecule is CC(C)(C)OC(=O)N1[C@@H]([C@H](O)c2cccc(N)c2F)CCC1(C)C. The number of nitrogens with two attached hydrogens (primary N) is 1. The molecule has 134 valence electrons. The number of hydrogen-bond acceptors (Lipinski definition) is 4. The van der Waals surface area contributed by atoms with Crippen LogP contribution >= 0.6 is 0 Å². The highest BCUT2D eigenvalue weighted by Crippen LogP contribution is 2.41. The molecule has 2 rings (SSSR count). The molecule has 1 aromatic carbocycles. The van der Waals surface area contributed by atoms with Crippen molar-refractivity contribution in [3.63, 3.8) is 0 Å². The third kappa shape index (κ3) is 3.64. The topological polar surface area (TPSA) is 75.8 Å². The first kappa shape index (κ1) is 18.5. The van der Waals surface area contributed by atoms with Crippen LogP contribution in [0.25, 0.3) is 0 Å². The van der Waals surface area contributed by atoms with E-state index in [1.54, 1.807) is 26.8 Å². The lowest BCUT2D eigenvalue weighted by molar-refractivity contribution is -0.0172. The Hall–Kier alpha value is -1.82. The van der Waals surface area contributed by atoms with E-state index in [0.29, 0.717) is 12.8 Å². The van der Waals surface area contributed by atoms with Gasteiger partial charge in [0.25, 0.3) is 0 Å². The third-order valence-corrected chi connectivity index (χ3v) is 4.37. The molecule has 1 fully saturated rings. The molecule has 0 aromatic heterocycles. The first-order chi connectivity index (χ1) is 10.9. The van der Waals surface area contributed by atoms with Crippen molar-refractivity contribution < 1.29 is 19.0 Å². The molecular weight excluding hydrogens is 311 g/mol. The molecule has 0 unspecified atom stereocenters. The maximum atomic E-state index is 14.3. The number of hydrogen-bond donors (Lipinski definition) is 2. The number of benzene rings is 1. The summed E-state index contributed by atoms with van der Waals surface area (Å²) >= 11 is 0. The van der Waals surface area contributed by atoms with Gasteiger partial charge in [0, 0.05) is 11.1 Å². The second kappa shape index (κ2) is 6.24. The molecule has 1 saturated heterocycles. The van der Waals surface area contributed by atoms with E-state index in [1.165, 1.54) is 17.0 Å². The fourth-order valence-corrected chi connectivity index (χ4v) is 3.20. The number of amides is 1. The number of aliphatic hydroxyl groups is 1. The Morgan fingerprint density at radius 1 is 1.46 bits per heavy atom. The van der Waals surface area contributed by atoms with Crippen LogP contribution in [0.1, 0.15) is 59.1 Å². The summed E-state index contributed by atoms with van der Waals surface area (Å²) < 4.78 is 19.8. The number of likely N-dealkylation sites (tertiary alicyclic amines) is 1. The number of ether oxygens (including phenoxy) is 1. The summed E-state index contributed by atoms with van der Waals surface area (Å²) in [5.41, 5.74) is 4.55. The minimum absolute atomic E-state index is 0.0207. The molecule has 0 spiro atoms. The first-order valence-corrected chi connectivity index (χ1v) is 8.18. The van der Waals surface area contributed by atoms with Gasteiger partial charge in [-0.05, 0) is 53.5 Å². The van der Waals surface area contributed by atoms with E-state index < -0.39 is 35.2 Å². The van der Waals surface area contributed by atoms with Crippen LogP contribution in [0.4, 0.5) is 14.9 Å². The minimum Gasteiger partial charge on any atom is -0.444 e. The number of carbonyl (C=O) groups is 1. The monoisotopic (exact) mass is 338 g/mol. The molecule has 5 nitrogen and oxygen atoms in total. The Kier molecular flexibility index (Phi) is 4.81. The first-order valence-electron chi connectivity index (χ1n) is 8.18. The Morgan fingerprint density at radius 3 is 2.67 bits per heavy atom. The second-order valence-corrected chi connectivity index (χ2v) is 7.96. The normalized spacial score (nSPS) is 21.6. The molecule has 24 heavy (non-hydrogen) atoms. The molecule has 0 bridgehead atoms. The molecule has 6 heteroatoms. The molecule has 0 radical (unpaired) electrons. The average Bonchev–Trinajstić information content (AvgIpc) is 2.75. The molecule has 1 amide bonds. The van der Waals surface area contributed by atoms with E-state index in [1.807, 2.05) is 13.8 Å². The summed E-state index contributed by atoms with van der Waals surface area (Å²) in [4.78, 5) is 14.2. The van der Waals surface area contributed by atoms with Crippen LogP contribution in [-0.4, -0.2) is 33.3 Å². The van der Waals surface area contributed by atoms with Gasteiger partial charge in [0.05, 0.1) is 11.7 Å². The fourth-order valence-electron chi connectivity index (χ4n) is 3.20. The van der Waals surface area contributed by atoms with E-state index in [0.717, 1.165) is 0 Å². The molecule has 1 heterocycles. The molecule has 1 aliphatic rings. The predicted molar refractivity (Wildman–Crippen MR) is 90.9 cm³/mol. The number of rotatable bonds is 2. The van der Waals surface area contributed by atoms with Crippen molar-refractivity contribution in [2.24, 2.45) is 0 Å². The molecule has 3 N–H and O–H groups in total. The van der Waals surface area contributed by atoms with E-state index in [-0.39, 0.29) is 11.3 Å². The number of aliphatic hydroxyl groups excluding tert-OH is 1. The van der Waals surface area contributed by atoms with Gasteiger partial charge in [0.15, 0.2) is 5.82 Å². The summed E-state index contributed by atoms with van der Waals surface area (Å²) in [5.74, 6) is -0.640. The van der Waals surface area contributed by atoms with Crippen LogP contribution in [0.5, 0.6) is 0 Å². The minimum atomic E-state index is -1.16. The maximum absolute atomic E-state index is 14.3. The van der Waals surface area contributed by atoms with Gasteiger partial charge in [-0.3, -0.25) is 4.90 Å². The highest BCUT2D eigenvalue weighted by Gasteiger charge is 2.47. The van der Waals surface area contributed by atoms with E-state index in [2.05, 4.69) is 0 Å². The fraction of sp³-hybridized carbons (Fsp3) is 0.611. The highest BCUT2D eigenvalue weighted by molar-refractivity contribution is 5.70. The van der Waals surface area contributed by atoms with Crippen LogP contribution in [0.2, 0.25) is 0 Å². The highest BCUT2D eigenvalue weighted by atomic mass is 19.1. The van der Waals surface area contributed by atoms with Gasteiger partial charge in [-0.2, -0.15) is 0 Å². The Balaban J connectivity index is 2.33. The lowest BCUT2D eigenvalue weighted by atomic mass is 9.99. The quantitative estimate of drug-likeness (QED) is 0.808. The van der Waals surface area contributed by atoms with Crippen molar-refractivity contribution in [3.05, 3.63) is 29.6 Å². The number of carbonyl (C=O) groups excluding carboxylic acids is 1. The summed E-state index contributed by atoms with van der Waals surface area (Å²) in [7, 11) is 0. The standard InChI is InChI=1S/C18H27FN2O3/c1-17(2,3)24-16(23)21-13(9-10-18(21,4)5)15(22)11-7-6-8-12(20)14(11)19/h6-8,13,15,22H,9-10,20H2,1-5H3/t13-,15-/m1/s1. The molecule has 2 atom stereocenters. The van der Waals surface area contributed by atoms with Crippen LogP contribution in [0.15, 0.2) is 18.2 Å². The van der Waals surface area contributed by atoms with Gasteiger partial charge in [0.1, 0.15) is 11.7 Å². The Morgan fingerprint density at radius 2 is 2.08 bits per heavy atom. The van der Waals surface area contributed by atoms with E-state index in [4.69, 9.17) is 10.5 Å². The van der Waals surface area contributed by atoms with Crippen molar-refractivity contribution in [3.8, 4) is 0 Å². The molecular formula is C18H27FN2O3. The van der Waals surface area contributed by atoms with Crippen molar-refractivity contribution in [2.45, 2.75) is 70.7 Å². The summed E-state index contributed by atoms with van der Waals surface area (Å²) in [6.45, 7) is 9.20. The summed E-state index contributed by atoms with van der Waals surface area (Å²) in [5, 5.41) is 10.7. The van der Waals surface area contributed by atoms with Crippen LogP contribution < -0.4 is 5.73 Å². The number of halogens is 1. The molecule has 0 aliphatic carbocycles. The number of nitrogen functional groups attached to an aromatic ring is 1. The lowest BCUT2D eigenvalue weighted by Gasteiger charge is -2.38. The Labute approximate surface area is 142 Å². The number of anilines is 1. The van der Waals surface area contributed by atoms with E-state index >= 15 is 0 Å². The number of nitrogens with zero attached hydrogens (tertiary/aromatic N) is 1. The van der Waals surface area contributed by atoms with Gasteiger partial charge in [-0.1, -0.05) is 12.1 Å². The van der Waals surface area contributed by atoms with Gasteiger partial charge >= 0.3 is 6.09 Å². The largest absolute Gasteiger partial charge is 0.444 e. The third-order valence-electron chi connectivity index (χ3n) is 4.37. The van der Waals surface area contributed by atoms with Gasteiger partial charge in [-0.25, -0.2) is 9.18 Å². The summed E-state index contributed by atoms with van der Waals surface area (Å²) in [6, 6.07) is 3.96. The van der Waals surface area contributed by atoms with Crippen LogP contribution in [0.3, 0.4) is 0 Å². The molecule has 1 aromatic rings. The zero-order valence-corrected chi connectivity index (χ0v) is 15.0. The smallest absolute Gasteiger partial charge is 0.411 e. The predicted octanol–water partition coefficient (Wildman–Crippen LogP) is 3.62. The van der Waals surface area contributed by atoms with Crippen molar-refractivity contribution in [2.75, 3.05) is 5.73 Å². The van der Waals surface area contributed by atoms with Gasteiger partial charge < -0.3 is 15.6 Å². The lowest BCUT2D eigenvalue weighted by Crippen LogP contribution is -2.50. The van der Waals surface area contributed by atoms with Crippen molar-refractivity contribution >= 4 is 11.8 Å². The Bertz CT molecular complexity index is 625. The maximum Gasteiger partial charge on any atom is 0.411 e. The van der Waals surface area contributed by atoms with Crippen molar-refractivity contribution in [1.29, 1.82) is 0 Å². The zero-order valence-electron chi connectivity index (χ0n) is 15.0. The molecule has 1 aliphatic heterocycles. The van der Waals surface area contributed by atoms with E-state index in [9.17, 15) is 14.3 Å². The van der Waals surface area contributed by atoms with Crippen LogP contribution in [0, 0.1) is 5.82 Å². The molecule has 0 saturated carbocycles. The zero-order chi connectivity index (χ0) is 18.3.